The van der Waals surface area contributed by atoms with Gasteiger partial charge in [0.15, 0.2) is 17.5 Å². The van der Waals surface area contributed by atoms with Gasteiger partial charge in [0, 0.05) is 17.0 Å². The molecule has 0 radical (unpaired) electrons. The van der Waals surface area contributed by atoms with Crippen LogP contribution in [0.5, 0.6) is 11.5 Å². The Labute approximate surface area is 290 Å². The van der Waals surface area contributed by atoms with Crippen molar-refractivity contribution in [3.05, 3.63) is 88.4 Å². The van der Waals surface area contributed by atoms with Gasteiger partial charge in [0.1, 0.15) is 24.5 Å². The third-order valence-corrected chi connectivity index (χ3v) is 8.15. The van der Waals surface area contributed by atoms with E-state index in [4.69, 9.17) is 41.4 Å². The third-order valence-electron chi connectivity index (χ3n) is 7.91. The molecule has 0 aliphatic carbocycles. The maximum atomic E-state index is 14.0. The number of carboxylic acids is 1. The molecule has 3 aromatic carbocycles. The highest BCUT2D eigenvalue weighted by Crippen LogP contribution is 2.34. The number of primary amides is 1. The largest absolute Gasteiger partial charge is 0.496 e. The molecule has 1 saturated heterocycles. The minimum Gasteiger partial charge on any atom is -0.475 e. The van der Waals surface area contributed by atoms with Gasteiger partial charge in [-0.2, -0.15) is 22.5 Å². The van der Waals surface area contributed by atoms with Crippen LogP contribution >= 0.6 is 11.6 Å². The number of nitrogens with zero attached hydrogens (tertiary/aromatic N) is 2. The van der Waals surface area contributed by atoms with E-state index < -0.39 is 36.1 Å². The SMILES string of the molecule is CCOC(=O)c1ccc(NC(=O)/[N+](=C2/CC[N+](C)(Cc3ccc4c(c3)OCO4)C2)[C@@H](Cc2cccc(Cl)c2)C(N)=O)cc1.O=C(O)C(F)(F)F. The van der Waals surface area contributed by atoms with E-state index in [9.17, 15) is 27.6 Å². The molecule has 1 fully saturated rings. The number of benzene rings is 3. The van der Waals surface area contributed by atoms with Crippen LogP contribution in [-0.2, 0) is 27.3 Å². The highest BCUT2D eigenvalue weighted by molar-refractivity contribution is 6.30. The van der Waals surface area contributed by atoms with Gasteiger partial charge in [-0.3, -0.25) is 4.79 Å². The lowest BCUT2D eigenvalue weighted by Crippen LogP contribution is -2.49. The second-order valence-corrected chi connectivity index (χ2v) is 12.3. The summed E-state index contributed by atoms with van der Waals surface area (Å²) >= 11 is 6.22. The highest BCUT2D eigenvalue weighted by Gasteiger charge is 2.42. The van der Waals surface area contributed by atoms with Crippen LogP contribution in [0, 0.1) is 0 Å². The van der Waals surface area contributed by atoms with Crippen molar-refractivity contribution in [2.45, 2.75) is 38.5 Å². The van der Waals surface area contributed by atoms with Crippen LogP contribution in [0.1, 0.15) is 34.8 Å². The molecular formula is C34H36ClF3N4O8+2. The number of fused-ring (bicyclic) bond motifs is 1. The minimum absolute atomic E-state index is 0.195. The van der Waals surface area contributed by atoms with Crippen molar-refractivity contribution in [2.24, 2.45) is 5.73 Å². The standard InChI is InChI=1S/C32H33ClN4O6.C2HF3O2/c1-3-41-31(39)23-8-10-25(11-9-23)35-32(40)36(27(30(34)38)16-21-5-4-6-24(33)15-21)26-13-14-37(2,19-26)18-22-7-12-28-29(17-22)43-20-42-28;3-2(4,5)1(6)7/h4-12,15,17,27H,3,13-14,16,18-20H2,1-2H3,(H-2,34,35,38,39,40);(H,6,7)/p+2/b36-26-;/t27-,37?;/m0./s1. The molecule has 4 N–H and O–H groups in total. The van der Waals surface area contributed by atoms with Crippen LogP contribution in [0.15, 0.2) is 66.7 Å². The van der Waals surface area contributed by atoms with Crippen molar-refractivity contribution < 1.29 is 60.7 Å². The molecule has 2 atom stereocenters. The van der Waals surface area contributed by atoms with Crippen molar-refractivity contribution in [1.82, 2.24) is 0 Å². The van der Waals surface area contributed by atoms with Gasteiger partial charge in [0.2, 0.25) is 6.79 Å². The van der Waals surface area contributed by atoms with E-state index in [2.05, 4.69) is 12.4 Å². The number of amides is 3. The van der Waals surface area contributed by atoms with Gasteiger partial charge in [0.05, 0.1) is 32.2 Å². The highest BCUT2D eigenvalue weighted by atomic mass is 35.5. The van der Waals surface area contributed by atoms with E-state index in [0.29, 0.717) is 40.3 Å². The number of urea groups is 1. The zero-order chi connectivity index (χ0) is 36.6. The molecule has 12 nitrogen and oxygen atoms in total. The molecule has 5 rings (SSSR count). The predicted molar refractivity (Wildman–Crippen MR) is 175 cm³/mol. The number of alkyl halides is 3. The summed E-state index contributed by atoms with van der Waals surface area (Å²) < 4.78 is 49.9. The van der Waals surface area contributed by atoms with Gasteiger partial charge < -0.3 is 29.5 Å². The van der Waals surface area contributed by atoms with Crippen LogP contribution in [0.2, 0.25) is 5.02 Å². The van der Waals surface area contributed by atoms with Gasteiger partial charge in [-0.25, -0.2) is 14.9 Å². The Kier molecular flexibility index (Phi) is 12.1. The van der Waals surface area contributed by atoms with Crippen molar-refractivity contribution in [3.8, 4) is 11.5 Å². The number of ether oxygens (including phenoxy) is 3. The number of anilines is 1. The summed E-state index contributed by atoms with van der Waals surface area (Å²) in [7, 11) is 2.12. The number of rotatable bonds is 9. The molecule has 1 unspecified atom stereocenters. The number of halogens is 4. The summed E-state index contributed by atoms with van der Waals surface area (Å²) in [5.74, 6) is -2.38. The number of carboxylic acid groups (broad SMARTS) is 1. The van der Waals surface area contributed by atoms with Crippen LogP contribution < -0.4 is 20.5 Å². The second-order valence-electron chi connectivity index (χ2n) is 11.8. The number of quaternary nitrogens is 1. The molecule has 2 heterocycles. The number of nitrogens with two attached hydrogens (primary N) is 1. The summed E-state index contributed by atoms with van der Waals surface area (Å²) in [5.41, 5.74) is 9.45. The molecule has 50 heavy (non-hydrogen) atoms. The first-order chi connectivity index (χ1) is 23.6. The van der Waals surface area contributed by atoms with Gasteiger partial charge >= 0.3 is 24.1 Å². The predicted octanol–water partition coefficient (Wildman–Crippen LogP) is 5.01. The summed E-state index contributed by atoms with van der Waals surface area (Å²) in [4.78, 5) is 47.9. The van der Waals surface area contributed by atoms with Gasteiger partial charge in [0.25, 0.3) is 5.91 Å². The Balaban J connectivity index is 0.000000727. The quantitative estimate of drug-likeness (QED) is 0.158. The number of esters is 1. The average Bonchev–Trinajstić information content (AvgIpc) is 3.67. The summed E-state index contributed by atoms with van der Waals surface area (Å²) in [6.45, 7) is 4.19. The zero-order valence-electron chi connectivity index (χ0n) is 27.2. The molecule has 0 saturated carbocycles. The number of hydrogen-bond donors (Lipinski definition) is 3. The molecule has 3 aromatic rings. The van der Waals surface area contributed by atoms with Crippen LogP contribution in [0.25, 0.3) is 0 Å². The normalized spacial score (nSPS) is 18.0. The number of nitrogens with one attached hydrogen (secondary N) is 1. The van der Waals surface area contributed by atoms with Crippen LogP contribution in [-0.4, -0.2) is 89.5 Å². The molecule has 16 heteroatoms. The fraction of sp³-hybridized carbons (Fsp3) is 0.324. The molecular weight excluding hydrogens is 685 g/mol. The fourth-order valence-electron chi connectivity index (χ4n) is 5.61. The van der Waals surface area contributed by atoms with E-state index in [0.717, 1.165) is 34.9 Å². The Bertz CT molecular complexity index is 1780. The Morgan fingerprint density at radius 1 is 1.04 bits per heavy atom. The monoisotopic (exact) mass is 720 g/mol. The lowest BCUT2D eigenvalue weighted by molar-refractivity contribution is -0.907. The Hall–Kier alpha value is -5.15. The first kappa shape index (κ1) is 37.7. The van der Waals surface area contributed by atoms with E-state index in [1.807, 2.05) is 24.3 Å². The lowest BCUT2D eigenvalue weighted by Gasteiger charge is -2.28. The van der Waals surface area contributed by atoms with Crippen LogP contribution in [0.3, 0.4) is 0 Å². The first-order valence-electron chi connectivity index (χ1n) is 15.4. The number of likely N-dealkylation sites (tertiary alicyclic amines) is 1. The maximum Gasteiger partial charge on any atom is 0.496 e. The fourth-order valence-corrected chi connectivity index (χ4v) is 5.82. The average molecular weight is 721 g/mol. The maximum absolute atomic E-state index is 14.0. The molecule has 2 aliphatic heterocycles. The van der Waals surface area contributed by atoms with Gasteiger partial charge in [-0.15, -0.1) is 0 Å². The number of carbonyl (C=O) groups is 4. The molecule has 0 bridgehead atoms. The lowest BCUT2D eigenvalue weighted by atomic mass is 10.0. The summed E-state index contributed by atoms with van der Waals surface area (Å²) in [6, 6.07) is 18.0. The smallest absolute Gasteiger partial charge is 0.475 e. The topological polar surface area (TPSA) is 157 Å². The van der Waals surface area contributed by atoms with E-state index >= 15 is 0 Å². The Morgan fingerprint density at radius 3 is 2.34 bits per heavy atom. The molecule has 3 amide bonds. The van der Waals surface area contributed by atoms with Crippen molar-refractivity contribution in [1.29, 1.82) is 0 Å². The number of aliphatic carboxylic acids is 1. The number of hydrogen-bond acceptors (Lipinski definition) is 7. The molecule has 0 spiro atoms. The molecule has 0 aromatic heterocycles. The second kappa shape index (κ2) is 16.0. The van der Waals surface area contributed by atoms with Gasteiger partial charge in [-0.1, -0.05) is 23.7 Å². The van der Waals surface area contributed by atoms with Crippen molar-refractivity contribution >= 4 is 46.9 Å². The van der Waals surface area contributed by atoms with Gasteiger partial charge in [-0.05, 0) is 67.1 Å². The van der Waals surface area contributed by atoms with E-state index in [-0.39, 0.29) is 19.8 Å². The summed E-state index contributed by atoms with van der Waals surface area (Å²) in [5, 5.41) is 10.6. The third kappa shape index (κ3) is 9.95. The minimum atomic E-state index is -5.08. The molecule has 266 valence electrons. The number of carbonyl (C=O) groups excluding carboxylic acids is 3. The van der Waals surface area contributed by atoms with Crippen molar-refractivity contribution in [3.63, 3.8) is 0 Å². The zero-order valence-corrected chi connectivity index (χ0v) is 27.9. The molecule has 2 aliphatic rings. The van der Waals surface area contributed by atoms with Crippen LogP contribution in [0.4, 0.5) is 23.7 Å². The van der Waals surface area contributed by atoms with Crippen molar-refractivity contribution in [2.75, 3.05) is 38.9 Å². The summed E-state index contributed by atoms with van der Waals surface area (Å²) in [6.07, 6.45) is -4.30. The van der Waals surface area contributed by atoms with E-state index in [1.54, 1.807) is 49.4 Å². The Morgan fingerprint density at radius 2 is 1.72 bits per heavy atom. The van der Waals surface area contributed by atoms with E-state index in [1.165, 1.54) is 4.58 Å². The first-order valence-corrected chi connectivity index (χ1v) is 15.7.